The monoisotopic (exact) mass is 259 g/mol. The van der Waals surface area contributed by atoms with Crippen LogP contribution in [0.4, 0.5) is 0 Å². The summed E-state index contributed by atoms with van der Waals surface area (Å²) in [5, 5.41) is 11.2. The molecule has 0 aliphatic carbocycles. The first-order valence-electron chi connectivity index (χ1n) is 6.66. The number of amides is 1. The minimum Gasteiger partial charge on any atom is -0.356 e. The quantitative estimate of drug-likeness (QED) is 0.870. The number of nitrogens with zero attached hydrogens (tertiary/aromatic N) is 1. The van der Waals surface area contributed by atoms with Gasteiger partial charge in [0.25, 0.3) is 0 Å². The number of piperidine rings is 1. The highest BCUT2D eigenvalue weighted by Gasteiger charge is 2.17. The number of hydrogen-bond donors (Lipinski definition) is 2. The summed E-state index contributed by atoms with van der Waals surface area (Å²) >= 11 is 0. The maximum atomic E-state index is 12.0. The van der Waals surface area contributed by atoms with Crippen LogP contribution < -0.4 is 10.6 Å². The third-order valence-electron chi connectivity index (χ3n) is 3.44. The lowest BCUT2D eigenvalue weighted by Crippen LogP contribution is -2.46. The molecule has 1 fully saturated rings. The highest BCUT2D eigenvalue weighted by molar-refractivity contribution is 5.86. The highest BCUT2D eigenvalue weighted by atomic mass is 16.5. The Hall–Kier alpha value is -1.88. The first-order chi connectivity index (χ1) is 9.33. The Morgan fingerprint density at radius 2 is 2.37 bits per heavy atom. The van der Waals surface area contributed by atoms with Crippen molar-refractivity contribution in [3.63, 3.8) is 0 Å². The lowest BCUT2D eigenvalue weighted by molar-refractivity contribution is -0.121. The molecule has 100 valence electrons. The van der Waals surface area contributed by atoms with Crippen molar-refractivity contribution in [3.8, 4) is 0 Å². The van der Waals surface area contributed by atoms with E-state index >= 15 is 0 Å². The summed E-state index contributed by atoms with van der Waals surface area (Å²) in [6.45, 7) is 1.89. The molecule has 1 atom stereocenters. The summed E-state index contributed by atoms with van der Waals surface area (Å²) in [7, 11) is 0. The number of carbonyl (C=O) groups is 1. The van der Waals surface area contributed by atoms with Gasteiger partial charge in [-0.15, -0.1) is 0 Å². The fraction of sp³-hybridized carbons (Fsp3) is 0.429. The molecule has 0 radical (unpaired) electrons. The van der Waals surface area contributed by atoms with E-state index in [-0.39, 0.29) is 18.4 Å². The van der Waals surface area contributed by atoms with E-state index in [0.29, 0.717) is 5.69 Å². The fourth-order valence-corrected chi connectivity index (χ4v) is 2.47. The molecular weight excluding hydrogens is 242 g/mol. The number of fused-ring (bicyclic) bond motifs is 1. The van der Waals surface area contributed by atoms with Crippen molar-refractivity contribution in [2.45, 2.75) is 25.3 Å². The third-order valence-corrected chi connectivity index (χ3v) is 3.44. The number of carbonyl (C=O) groups excluding carboxylic acids is 1. The normalized spacial score (nSPS) is 19.5. The molecule has 0 saturated carbocycles. The molecule has 2 N–H and O–H groups in total. The second kappa shape index (κ2) is 5.40. The van der Waals surface area contributed by atoms with Crippen molar-refractivity contribution in [1.82, 2.24) is 15.8 Å². The van der Waals surface area contributed by atoms with Gasteiger partial charge in [0.15, 0.2) is 5.58 Å². The summed E-state index contributed by atoms with van der Waals surface area (Å²) in [4.78, 5) is 12.0. The zero-order valence-corrected chi connectivity index (χ0v) is 10.7. The van der Waals surface area contributed by atoms with Gasteiger partial charge in [-0.25, -0.2) is 0 Å². The molecule has 1 aliphatic rings. The van der Waals surface area contributed by atoms with Gasteiger partial charge in [-0.1, -0.05) is 17.3 Å². The van der Waals surface area contributed by atoms with Crippen LogP contribution in [0, 0.1) is 0 Å². The zero-order valence-electron chi connectivity index (χ0n) is 10.7. The van der Waals surface area contributed by atoms with E-state index in [1.807, 2.05) is 24.3 Å². The van der Waals surface area contributed by atoms with Gasteiger partial charge in [0, 0.05) is 18.0 Å². The number of rotatable bonds is 3. The Kier molecular flexibility index (Phi) is 3.46. The lowest BCUT2D eigenvalue weighted by atomic mass is 10.1. The molecule has 5 nitrogen and oxygen atoms in total. The van der Waals surface area contributed by atoms with Gasteiger partial charge in [0.2, 0.25) is 5.91 Å². The van der Waals surface area contributed by atoms with Crippen LogP contribution in [-0.4, -0.2) is 30.2 Å². The zero-order chi connectivity index (χ0) is 13.1. The van der Waals surface area contributed by atoms with Crippen LogP contribution in [0.3, 0.4) is 0 Å². The highest BCUT2D eigenvalue weighted by Crippen LogP contribution is 2.18. The van der Waals surface area contributed by atoms with Crippen LogP contribution in [0.25, 0.3) is 11.0 Å². The Morgan fingerprint density at radius 1 is 1.47 bits per heavy atom. The summed E-state index contributed by atoms with van der Waals surface area (Å²) in [5.74, 6) is 0.00718. The summed E-state index contributed by atoms with van der Waals surface area (Å²) in [5.41, 5.74) is 1.43. The predicted molar refractivity (Wildman–Crippen MR) is 71.7 cm³/mol. The van der Waals surface area contributed by atoms with Gasteiger partial charge in [-0.2, -0.15) is 0 Å². The molecule has 1 amide bonds. The number of hydrogen-bond acceptors (Lipinski definition) is 4. The van der Waals surface area contributed by atoms with E-state index in [9.17, 15) is 4.79 Å². The molecule has 1 unspecified atom stereocenters. The first kappa shape index (κ1) is 12.2. The lowest BCUT2D eigenvalue weighted by Gasteiger charge is -2.23. The van der Waals surface area contributed by atoms with Gasteiger partial charge in [-0.3, -0.25) is 4.79 Å². The second-order valence-corrected chi connectivity index (χ2v) is 4.91. The molecule has 19 heavy (non-hydrogen) atoms. The molecular formula is C14H17N3O2. The van der Waals surface area contributed by atoms with Crippen LogP contribution in [0.5, 0.6) is 0 Å². The van der Waals surface area contributed by atoms with Crippen molar-refractivity contribution in [1.29, 1.82) is 0 Å². The van der Waals surface area contributed by atoms with E-state index in [0.717, 1.165) is 36.9 Å². The van der Waals surface area contributed by atoms with Gasteiger partial charge in [-0.05, 0) is 31.5 Å². The smallest absolute Gasteiger partial charge is 0.226 e. The van der Waals surface area contributed by atoms with E-state index in [1.165, 1.54) is 0 Å². The molecule has 5 heteroatoms. The summed E-state index contributed by atoms with van der Waals surface area (Å²) in [6, 6.07) is 7.84. The average molecular weight is 259 g/mol. The molecule has 2 aromatic rings. The van der Waals surface area contributed by atoms with Crippen molar-refractivity contribution in [2.24, 2.45) is 0 Å². The standard InChI is InChI=1S/C14H17N3O2/c18-14(16-10-4-3-7-15-9-10)8-12-11-5-1-2-6-13(11)19-17-12/h1-2,5-6,10,15H,3-4,7-9H2,(H,16,18). The maximum Gasteiger partial charge on any atom is 0.226 e. The number of aromatic nitrogens is 1. The van der Waals surface area contributed by atoms with E-state index in [4.69, 9.17) is 4.52 Å². The first-order valence-corrected chi connectivity index (χ1v) is 6.66. The summed E-state index contributed by atoms with van der Waals surface area (Å²) in [6.07, 6.45) is 2.42. The minimum atomic E-state index is 0.00718. The Labute approximate surface area is 111 Å². The van der Waals surface area contributed by atoms with Crippen LogP contribution >= 0.6 is 0 Å². The van der Waals surface area contributed by atoms with E-state index in [1.54, 1.807) is 0 Å². The molecule has 1 saturated heterocycles. The van der Waals surface area contributed by atoms with Crippen molar-refractivity contribution >= 4 is 16.9 Å². The third kappa shape index (κ3) is 2.76. The Balaban J connectivity index is 1.65. The molecule has 1 aliphatic heterocycles. The van der Waals surface area contributed by atoms with Crippen LogP contribution in [0.1, 0.15) is 18.5 Å². The van der Waals surface area contributed by atoms with Crippen LogP contribution in [0.15, 0.2) is 28.8 Å². The van der Waals surface area contributed by atoms with Crippen molar-refractivity contribution in [2.75, 3.05) is 13.1 Å². The summed E-state index contributed by atoms with van der Waals surface area (Å²) < 4.78 is 5.20. The fourth-order valence-electron chi connectivity index (χ4n) is 2.47. The van der Waals surface area contributed by atoms with Gasteiger partial charge in [0.05, 0.1) is 6.42 Å². The SMILES string of the molecule is O=C(Cc1noc2ccccc12)NC1CCCNC1. The number of nitrogens with one attached hydrogen (secondary N) is 2. The van der Waals surface area contributed by atoms with E-state index < -0.39 is 0 Å². The topological polar surface area (TPSA) is 67.2 Å². The van der Waals surface area contributed by atoms with Crippen molar-refractivity contribution < 1.29 is 9.32 Å². The largest absolute Gasteiger partial charge is 0.356 e. The van der Waals surface area contributed by atoms with Gasteiger partial charge >= 0.3 is 0 Å². The minimum absolute atomic E-state index is 0.00718. The van der Waals surface area contributed by atoms with Crippen LogP contribution in [-0.2, 0) is 11.2 Å². The Morgan fingerprint density at radius 3 is 3.21 bits per heavy atom. The Bertz CT molecular complexity index is 573. The molecule has 0 spiro atoms. The number of benzene rings is 1. The molecule has 3 rings (SSSR count). The number of para-hydroxylation sites is 1. The average Bonchev–Trinajstić information content (AvgIpc) is 2.83. The maximum absolute atomic E-state index is 12.0. The predicted octanol–water partition coefficient (Wildman–Crippen LogP) is 1.24. The molecule has 1 aromatic carbocycles. The van der Waals surface area contributed by atoms with E-state index in [2.05, 4.69) is 15.8 Å². The van der Waals surface area contributed by atoms with Gasteiger partial charge in [0.1, 0.15) is 5.69 Å². The second-order valence-electron chi connectivity index (χ2n) is 4.91. The van der Waals surface area contributed by atoms with Gasteiger partial charge < -0.3 is 15.2 Å². The van der Waals surface area contributed by atoms with Crippen molar-refractivity contribution in [3.05, 3.63) is 30.0 Å². The molecule has 2 heterocycles. The molecule has 0 bridgehead atoms. The van der Waals surface area contributed by atoms with Crippen LogP contribution in [0.2, 0.25) is 0 Å². The molecule has 1 aromatic heterocycles.